The molecule has 5 nitrogen and oxygen atoms in total. The third-order valence-corrected chi connectivity index (χ3v) is 3.33. The summed E-state index contributed by atoms with van der Waals surface area (Å²) in [5.74, 6) is -0.173. The third-order valence-electron chi connectivity index (χ3n) is 3.33. The lowest BCUT2D eigenvalue weighted by Crippen LogP contribution is -2.08. The van der Waals surface area contributed by atoms with Gasteiger partial charge in [-0.1, -0.05) is 12.7 Å². The van der Waals surface area contributed by atoms with E-state index >= 15 is 0 Å². The van der Waals surface area contributed by atoms with Crippen molar-refractivity contribution in [3.05, 3.63) is 58.7 Å². The standard InChI is InChI=1S/C17H20NO4/c1-13(2)22-17(19)15-8-10-16(11-9-15)18(20)21-12-14-6-4-3-5-7-14/h6,8-11H,1,3-5,7,12H2,2H3/q+1. The average molecular weight is 302 g/mol. The molecule has 5 heteroatoms. The minimum Gasteiger partial charge on any atom is -0.428 e. The first kappa shape index (κ1) is 15.9. The molecule has 0 radical (unpaired) electrons. The second kappa shape index (κ2) is 7.54. The van der Waals surface area contributed by atoms with Crippen molar-refractivity contribution in [2.45, 2.75) is 32.6 Å². The smallest absolute Gasteiger partial charge is 0.343 e. The second-order valence-corrected chi connectivity index (χ2v) is 5.28. The first-order valence-corrected chi connectivity index (χ1v) is 7.32. The number of carbonyl (C=O) groups is 1. The molecular formula is C17H20NO4+. The Morgan fingerprint density at radius 2 is 2.00 bits per heavy atom. The molecule has 0 spiro atoms. The van der Waals surface area contributed by atoms with Crippen LogP contribution in [0.4, 0.5) is 5.69 Å². The molecule has 1 aromatic carbocycles. The van der Waals surface area contributed by atoms with Gasteiger partial charge in [0.1, 0.15) is 0 Å². The van der Waals surface area contributed by atoms with Gasteiger partial charge in [0.05, 0.1) is 16.2 Å². The number of rotatable bonds is 6. The van der Waals surface area contributed by atoms with Gasteiger partial charge in [-0.3, -0.25) is 0 Å². The van der Waals surface area contributed by atoms with E-state index in [1.807, 2.05) is 0 Å². The molecule has 0 atom stereocenters. The van der Waals surface area contributed by atoms with E-state index in [0.717, 1.165) is 24.8 Å². The molecule has 0 saturated carbocycles. The van der Waals surface area contributed by atoms with E-state index in [1.165, 1.54) is 30.7 Å². The summed E-state index contributed by atoms with van der Waals surface area (Å²) in [6.07, 6.45) is 6.52. The molecule has 1 aliphatic carbocycles. The van der Waals surface area contributed by atoms with E-state index < -0.39 is 5.97 Å². The maximum atomic E-state index is 11.9. The van der Waals surface area contributed by atoms with Crippen LogP contribution in [-0.2, 0) is 9.57 Å². The summed E-state index contributed by atoms with van der Waals surface area (Å²) in [7, 11) is 0. The number of nitrogens with zero attached hydrogens (tertiary/aromatic N) is 1. The summed E-state index contributed by atoms with van der Waals surface area (Å²) in [5, 5.41) is 0. The molecule has 0 fully saturated rings. The maximum Gasteiger partial charge on any atom is 0.343 e. The van der Waals surface area contributed by atoms with Crippen molar-refractivity contribution < 1.29 is 19.3 Å². The highest BCUT2D eigenvalue weighted by Crippen LogP contribution is 2.19. The lowest BCUT2D eigenvalue weighted by molar-refractivity contribution is -0.743. The Balaban J connectivity index is 1.91. The average Bonchev–Trinajstić information content (AvgIpc) is 2.53. The van der Waals surface area contributed by atoms with E-state index in [4.69, 9.17) is 9.57 Å². The minimum absolute atomic E-state index is 0.308. The Morgan fingerprint density at radius 3 is 2.59 bits per heavy atom. The molecule has 0 aromatic heterocycles. The normalized spacial score (nSPS) is 14.0. The fraction of sp³-hybridized carbons (Fsp3) is 0.353. The maximum absolute atomic E-state index is 11.9. The fourth-order valence-electron chi connectivity index (χ4n) is 2.19. The number of hydrogen-bond donors (Lipinski definition) is 0. The van der Waals surface area contributed by atoms with Crippen molar-refractivity contribution in [2.75, 3.05) is 6.61 Å². The monoisotopic (exact) mass is 302 g/mol. The van der Waals surface area contributed by atoms with Crippen molar-refractivity contribution in [1.82, 2.24) is 0 Å². The molecule has 0 N–H and O–H groups in total. The predicted octanol–water partition coefficient (Wildman–Crippen LogP) is 4.22. The van der Waals surface area contributed by atoms with Gasteiger partial charge in [0.25, 0.3) is 4.92 Å². The molecule has 116 valence electrons. The van der Waals surface area contributed by atoms with E-state index in [1.54, 1.807) is 6.92 Å². The first-order valence-electron chi connectivity index (χ1n) is 7.32. The van der Waals surface area contributed by atoms with Gasteiger partial charge in [-0.15, -0.1) is 0 Å². The fourth-order valence-corrected chi connectivity index (χ4v) is 2.19. The first-order chi connectivity index (χ1) is 10.6. The van der Waals surface area contributed by atoms with Gasteiger partial charge in [0.2, 0.25) is 0 Å². The zero-order valence-electron chi connectivity index (χ0n) is 12.7. The van der Waals surface area contributed by atoms with Gasteiger partial charge in [-0.2, -0.15) is 0 Å². The Hall–Kier alpha value is -2.43. The quantitative estimate of drug-likeness (QED) is 0.342. The van der Waals surface area contributed by atoms with Gasteiger partial charge in [-0.05, 0) is 50.3 Å². The predicted molar refractivity (Wildman–Crippen MR) is 82.5 cm³/mol. The highest BCUT2D eigenvalue weighted by molar-refractivity contribution is 5.90. The molecular weight excluding hydrogens is 282 g/mol. The zero-order chi connectivity index (χ0) is 15.9. The summed E-state index contributed by atoms with van der Waals surface area (Å²) in [4.78, 5) is 29.2. The van der Waals surface area contributed by atoms with Crippen molar-refractivity contribution in [3.8, 4) is 0 Å². The second-order valence-electron chi connectivity index (χ2n) is 5.28. The molecule has 2 rings (SSSR count). The van der Waals surface area contributed by atoms with E-state index in [-0.39, 0.29) is 0 Å². The number of carbonyl (C=O) groups excluding carboxylic acids is 1. The van der Waals surface area contributed by atoms with Crippen LogP contribution in [0.1, 0.15) is 43.0 Å². The Morgan fingerprint density at radius 1 is 1.27 bits per heavy atom. The molecule has 1 aromatic rings. The Bertz CT molecular complexity index is 602. The number of ether oxygens (including phenoxy) is 1. The third kappa shape index (κ3) is 4.55. The van der Waals surface area contributed by atoms with Crippen LogP contribution >= 0.6 is 0 Å². The molecule has 0 bridgehead atoms. The van der Waals surface area contributed by atoms with Crippen LogP contribution in [0.5, 0.6) is 0 Å². The molecule has 0 saturated heterocycles. The van der Waals surface area contributed by atoms with Crippen LogP contribution < -0.4 is 0 Å². The topological polar surface area (TPSA) is 55.6 Å². The highest BCUT2D eigenvalue weighted by atomic mass is 16.8. The van der Waals surface area contributed by atoms with Crippen LogP contribution in [0.3, 0.4) is 0 Å². The Labute approximate surface area is 129 Å². The molecule has 22 heavy (non-hydrogen) atoms. The SMILES string of the molecule is C=C(C)OC(=O)c1ccc([N+](=O)OCC2=CCCCC2)cc1. The molecule has 0 amide bonds. The van der Waals surface area contributed by atoms with Gasteiger partial charge in [-0.25, -0.2) is 9.63 Å². The summed E-state index contributed by atoms with van der Waals surface area (Å²) < 4.78 is 4.90. The van der Waals surface area contributed by atoms with Crippen LogP contribution in [0, 0.1) is 4.91 Å². The largest absolute Gasteiger partial charge is 0.428 e. The van der Waals surface area contributed by atoms with E-state index in [0.29, 0.717) is 28.5 Å². The summed E-state index contributed by atoms with van der Waals surface area (Å²) in [6, 6.07) is 6.10. The van der Waals surface area contributed by atoms with Crippen molar-refractivity contribution in [3.63, 3.8) is 0 Å². The molecule has 0 unspecified atom stereocenters. The lowest BCUT2D eigenvalue weighted by Gasteiger charge is -2.09. The molecule has 0 heterocycles. The minimum atomic E-state index is -0.496. The summed E-state index contributed by atoms with van der Waals surface area (Å²) in [5.41, 5.74) is 1.85. The number of allylic oxidation sites excluding steroid dienone is 2. The van der Waals surface area contributed by atoms with Crippen LogP contribution in [0.15, 0.2) is 48.3 Å². The van der Waals surface area contributed by atoms with Gasteiger partial charge >= 0.3 is 11.7 Å². The molecule has 0 aliphatic heterocycles. The van der Waals surface area contributed by atoms with Gasteiger partial charge in [0.15, 0.2) is 6.61 Å². The van der Waals surface area contributed by atoms with Crippen molar-refractivity contribution in [1.29, 1.82) is 0 Å². The van der Waals surface area contributed by atoms with Crippen LogP contribution in [0.2, 0.25) is 0 Å². The Kier molecular flexibility index (Phi) is 5.47. The molecule has 1 aliphatic rings. The van der Waals surface area contributed by atoms with Crippen LogP contribution in [-0.4, -0.2) is 17.5 Å². The van der Waals surface area contributed by atoms with Gasteiger partial charge in [0, 0.05) is 12.1 Å². The summed E-state index contributed by atoms with van der Waals surface area (Å²) >= 11 is 0. The van der Waals surface area contributed by atoms with E-state index in [2.05, 4.69) is 12.7 Å². The number of hydrogen-bond acceptors (Lipinski definition) is 4. The van der Waals surface area contributed by atoms with Crippen molar-refractivity contribution >= 4 is 11.7 Å². The number of benzene rings is 1. The van der Waals surface area contributed by atoms with Crippen molar-refractivity contribution in [2.24, 2.45) is 0 Å². The highest BCUT2D eigenvalue weighted by Gasteiger charge is 2.18. The summed E-state index contributed by atoms with van der Waals surface area (Å²) in [6.45, 7) is 5.41. The van der Waals surface area contributed by atoms with E-state index in [9.17, 15) is 9.70 Å². The lowest BCUT2D eigenvalue weighted by atomic mass is 10.0. The number of esters is 1. The van der Waals surface area contributed by atoms with Crippen LogP contribution in [0.25, 0.3) is 0 Å². The van der Waals surface area contributed by atoms with Gasteiger partial charge < -0.3 is 4.74 Å². The zero-order valence-corrected chi connectivity index (χ0v) is 12.7.